The third-order valence-electron chi connectivity index (χ3n) is 5.66. The first-order valence-electron chi connectivity index (χ1n) is 10.3. The average molecular weight is 476 g/mol. The second-order valence-corrected chi connectivity index (χ2v) is 8.45. The van der Waals surface area contributed by atoms with Crippen molar-refractivity contribution >= 4 is 40.1 Å². The lowest BCUT2D eigenvalue weighted by Crippen LogP contribution is -2.38. The summed E-state index contributed by atoms with van der Waals surface area (Å²) in [4.78, 5) is 31.9. The highest BCUT2D eigenvalue weighted by Crippen LogP contribution is 2.28. The molecule has 2 N–H and O–H groups in total. The number of carbonyl (C=O) groups excluding carboxylic acids is 1. The molecule has 1 aliphatic heterocycles. The number of benzene rings is 2. The molecule has 0 spiro atoms. The monoisotopic (exact) mass is 475 g/mol. The Hall–Kier alpha value is -2.42. The van der Waals surface area contributed by atoms with Crippen LogP contribution in [0.5, 0.6) is 0 Å². The molecule has 3 aromatic rings. The minimum atomic E-state index is -0.861. The molecule has 1 fully saturated rings. The number of rotatable bonds is 6. The van der Waals surface area contributed by atoms with Crippen molar-refractivity contribution in [2.75, 3.05) is 32.8 Å². The summed E-state index contributed by atoms with van der Waals surface area (Å²) < 4.78 is 7.30. The molecule has 0 atom stereocenters. The minimum Gasteiger partial charge on any atom is -0.379 e. The summed E-state index contributed by atoms with van der Waals surface area (Å²) in [5, 5.41) is 1.38. The van der Waals surface area contributed by atoms with E-state index in [2.05, 4.69) is 9.74 Å². The number of morpholine rings is 1. The summed E-state index contributed by atoms with van der Waals surface area (Å²) >= 11 is 12.5. The second-order valence-electron chi connectivity index (χ2n) is 7.67. The van der Waals surface area contributed by atoms with Crippen LogP contribution in [0.1, 0.15) is 21.5 Å². The topological polar surface area (TPSA) is 86.8 Å². The van der Waals surface area contributed by atoms with Crippen LogP contribution in [0.3, 0.4) is 0 Å². The van der Waals surface area contributed by atoms with Crippen molar-refractivity contribution in [3.8, 4) is 0 Å². The Kier molecular flexibility index (Phi) is 7.13. The van der Waals surface area contributed by atoms with Crippen molar-refractivity contribution in [3.63, 3.8) is 0 Å². The Morgan fingerprint density at radius 2 is 1.91 bits per heavy atom. The number of ether oxygens (including phenoxy) is 1. The van der Waals surface area contributed by atoms with E-state index in [-0.39, 0.29) is 5.56 Å². The zero-order valence-corrected chi connectivity index (χ0v) is 18.9. The fourth-order valence-corrected chi connectivity index (χ4v) is 4.31. The van der Waals surface area contributed by atoms with Crippen LogP contribution >= 0.6 is 23.2 Å². The lowest BCUT2D eigenvalue weighted by Gasteiger charge is -2.27. The van der Waals surface area contributed by atoms with E-state index >= 15 is 0 Å². The van der Waals surface area contributed by atoms with Crippen LogP contribution in [-0.2, 0) is 22.5 Å². The number of pyridine rings is 1. The molecular formula is C23H23Cl2N3O4. The van der Waals surface area contributed by atoms with E-state index in [9.17, 15) is 9.59 Å². The predicted molar refractivity (Wildman–Crippen MR) is 124 cm³/mol. The molecule has 1 aromatic heterocycles. The third kappa shape index (κ3) is 4.82. The predicted octanol–water partition coefficient (Wildman–Crippen LogP) is 3.26. The Labute approximate surface area is 195 Å². The summed E-state index contributed by atoms with van der Waals surface area (Å²) in [6.07, 6.45) is 2.02. The van der Waals surface area contributed by atoms with Crippen LogP contribution in [-0.4, -0.2) is 48.3 Å². The molecule has 0 radical (unpaired) electrons. The van der Waals surface area contributed by atoms with Crippen molar-refractivity contribution in [1.82, 2.24) is 9.47 Å². The molecule has 2 heterocycles. The van der Waals surface area contributed by atoms with Gasteiger partial charge in [-0.15, -0.1) is 0 Å². The minimum absolute atomic E-state index is 0.0973. The fourth-order valence-electron chi connectivity index (χ4n) is 3.93. The number of nitrogens with zero attached hydrogens (tertiary/aromatic N) is 2. The van der Waals surface area contributed by atoms with Gasteiger partial charge < -0.3 is 14.1 Å². The van der Waals surface area contributed by atoms with Crippen LogP contribution in [0.25, 0.3) is 10.9 Å². The summed E-state index contributed by atoms with van der Waals surface area (Å²) in [5.41, 5.74) is 1.94. The quantitative estimate of drug-likeness (QED) is 0.550. The first-order chi connectivity index (χ1) is 15.5. The third-order valence-corrected chi connectivity index (χ3v) is 6.52. The van der Waals surface area contributed by atoms with Crippen LogP contribution in [0.4, 0.5) is 0 Å². The van der Waals surface area contributed by atoms with Crippen LogP contribution < -0.4 is 11.3 Å². The molecule has 0 amide bonds. The molecule has 0 bridgehead atoms. The van der Waals surface area contributed by atoms with Gasteiger partial charge in [-0.05, 0) is 35.7 Å². The molecule has 0 saturated carbocycles. The zero-order valence-electron chi connectivity index (χ0n) is 17.4. The van der Waals surface area contributed by atoms with Gasteiger partial charge >= 0.3 is 5.97 Å². The highest BCUT2D eigenvalue weighted by atomic mass is 35.5. The van der Waals surface area contributed by atoms with Crippen LogP contribution in [0, 0.1) is 0 Å². The molecule has 1 saturated heterocycles. The molecule has 9 heteroatoms. The molecular weight excluding hydrogens is 453 g/mol. The maximum absolute atomic E-state index is 13.1. The molecule has 1 aliphatic rings. The number of hydrogen-bond donors (Lipinski definition) is 1. The van der Waals surface area contributed by atoms with Gasteiger partial charge in [-0.25, -0.2) is 4.79 Å². The SMILES string of the molecule is NOC(=O)c1cn(CCN2CCOCC2)c2ccc(Cc3cccc(Cl)c3Cl)cc2c1=O. The molecule has 0 unspecified atom stereocenters. The van der Waals surface area contributed by atoms with Gasteiger partial charge in [0.25, 0.3) is 0 Å². The molecule has 7 nitrogen and oxygen atoms in total. The number of carbonyl (C=O) groups is 1. The normalized spacial score (nSPS) is 14.6. The first kappa shape index (κ1) is 22.8. The summed E-state index contributed by atoms with van der Waals surface area (Å²) in [7, 11) is 0. The van der Waals surface area contributed by atoms with E-state index in [1.165, 1.54) is 6.20 Å². The maximum atomic E-state index is 13.1. The average Bonchev–Trinajstić information content (AvgIpc) is 2.82. The number of halogens is 2. The van der Waals surface area contributed by atoms with Gasteiger partial charge in [0.1, 0.15) is 5.56 Å². The van der Waals surface area contributed by atoms with Crippen molar-refractivity contribution in [2.24, 2.45) is 5.90 Å². The van der Waals surface area contributed by atoms with Crippen LogP contribution in [0.2, 0.25) is 10.0 Å². The van der Waals surface area contributed by atoms with E-state index in [0.29, 0.717) is 41.6 Å². The lowest BCUT2D eigenvalue weighted by molar-refractivity contribution is 0.0365. The van der Waals surface area contributed by atoms with Gasteiger partial charge in [-0.2, -0.15) is 5.90 Å². The second kappa shape index (κ2) is 10.0. The van der Waals surface area contributed by atoms with E-state index < -0.39 is 11.4 Å². The van der Waals surface area contributed by atoms with Gasteiger partial charge in [0.05, 0.1) is 28.8 Å². The zero-order chi connectivity index (χ0) is 22.7. The van der Waals surface area contributed by atoms with E-state index in [4.69, 9.17) is 33.8 Å². The van der Waals surface area contributed by atoms with Gasteiger partial charge in [-0.1, -0.05) is 41.4 Å². The molecule has 4 rings (SSSR count). The van der Waals surface area contributed by atoms with Gasteiger partial charge in [0, 0.05) is 37.8 Å². The molecule has 168 valence electrons. The standard InChI is InChI=1S/C23H23Cl2N3O4/c24-19-3-1-2-16(21(19)25)12-15-4-5-20-17(13-15)22(29)18(23(30)32-26)14-28(20)7-6-27-8-10-31-11-9-27/h1-5,13-14H,6-12,26H2. The molecule has 2 aromatic carbocycles. The largest absolute Gasteiger partial charge is 0.379 e. The van der Waals surface area contributed by atoms with Crippen LogP contribution in [0.15, 0.2) is 47.4 Å². The van der Waals surface area contributed by atoms with Gasteiger partial charge in [0.15, 0.2) is 0 Å². The Bertz CT molecular complexity index is 1210. The van der Waals surface area contributed by atoms with Gasteiger partial charge in [0.2, 0.25) is 5.43 Å². The highest BCUT2D eigenvalue weighted by Gasteiger charge is 2.18. The van der Waals surface area contributed by atoms with Crippen molar-refractivity contribution in [1.29, 1.82) is 0 Å². The number of hydrogen-bond acceptors (Lipinski definition) is 6. The fraction of sp³-hybridized carbons (Fsp3) is 0.304. The van der Waals surface area contributed by atoms with Gasteiger partial charge in [-0.3, -0.25) is 9.69 Å². The first-order valence-corrected chi connectivity index (χ1v) is 11.0. The maximum Gasteiger partial charge on any atom is 0.362 e. The number of nitrogens with two attached hydrogens (primary N) is 1. The summed E-state index contributed by atoms with van der Waals surface area (Å²) in [6.45, 7) is 4.45. The molecule has 32 heavy (non-hydrogen) atoms. The Morgan fingerprint density at radius 1 is 1.12 bits per heavy atom. The molecule has 0 aliphatic carbocycles. The van der Waals surface area contributed by atoms with E-state index in [1.54, 1.807) is 12.1 Å². The highest BCUT2D eigenvalue weighted by molar-refractivity contribution is 6.42. The summed E-state index contributed by atoms with van der Waals surface area (Å²) in [6, 6.07) is 11.1. The van der Waals surface area contributed by atoms with Crippen molar-refractivity contribution in [3.05, 3.63) is 79.6 Å². The number of fused-ring (bicyclic) bond motifs is 1. The summed E-state index contributed by atoms with van der Waals surface area (Å²) in [5.74, 6) is 4.21. The van der Waals surface area contributed by atoms with Crippen molar-refractivity contribution < 1.29 is 14.4 Å². The Morgan fingerprint density at radius 3 is 2.66 bits per heavy atom. The number of aromatic nitrogens is 1. The van der Waals surface area contributed by atoms with Crippen molar-refractivity contribution in [2.45, 2.75) is 13.0 Å². The smallest absolute Gasteiger partial charge is 0.362 e. The lowest BCUT2D eigenvalue weighted by atomic mass is 10.0. The van der Waals surface area contributed by atoms with E-state index in [0.717, 1.165) is 36.3 Å². The van der Waals surface area contributed by atoms with E-state index in [1.807, 2.05) is 28.8 Å². The Balaban J connectivity index is 1.72.